The van der Waals surface area contributed by atoms with Crippen LogP contribution in [0, 0.1) is 13.8 Å². The highest BCUT2D eigenvalue weighted by atomic mass is 32.2. The van der Waals surface area contributed by atoms with Gasteiger partial charge in [0.25, 0.3) is 0 Å². The van der Waals surface area contributed by atoms with Crippen molar-refractivity contribution in [2.75, 3.05) is 26.2 Å². The first-order chi connectivity index (χ1) is 11.0. The molecular formula is C15H26N4O4S. The van der Waals surface area contributed by atoms with E-state index in [1.165, 1.54) is 4.31 Å². The third-order valence-electron chi connectivity index (χ3n) is 3.76. The molecule has 136 valence electrons. The first-order valence-electron chi connectivity index (χ1n) is 8.02. The highest BCUT2D eigenvalue weighted by Gasteiger charge is 2.32. The van der Waals surface area contributed by atoms with Gasteiger partial charge in [-0.05, 0) is 41.0 Å². The zero-order valence-electron chi connectivity index (χ0n) is 14.9. The Hall–Kier alpha value is -1.61. The minimum atomic E-state index is -3.63. The molecule has 0 radical (unpaired) electrons. The number of hydrogen-bond acceptors (Lipinski definition) is 5. The quantitative estimate of drug-likeness (QED) is 0.867. The summed E-state index contributed by atoms with van der Waals surface area (Å²) >= 11 is 0. The van der Waals surface area contributed by atoms with Crippen molar-refractivity contribution < 1.29 is 17.9 Å². The first-order valence-corrected chi connectivity index (χ1v) is 9.46. The Balaban J connectivity index is 2.12. The minimum absolute atomic E-state index is 0.230. The van der Waals surface area contributed by atoms with E-state index in [9.17, 15) is 13.2 Å². The number of hydrogen-bond donors (Lipinski definition) is 1. The maximum Gasteiger partial charge on any atom is 0.410 e. The molecule has 9 heteroatoms. The predicted octanol–water partition coefficient (Wildman–Crippen LogP) is 1.66. The SMILES string of the molecule is Cc1n[nH]c(C)c1S(=O)(=O)N1CCCN(C(=O)OC(C)(C)C)CC1. The number of aromatic nitrogens is 2. The number of H-pyrrole nitrogens is 1. The molecule has 0 bridgehead atoms. The van der Waals surface area contributed by atoms with E-state index in [1.807, 2.05) is 20.8 Å². The fourth-order valence-corrected chi connectivity index (χ4v) is 4.49. The summed E-state index contributed by atoms with van der Waals surface area (Å²) in [5.74, 6) is 0. The summed E-state index contributed by atoms with van der Waals surface area (Å²) in [5.41, 5.74) is 0.418. The van der Waals surface area contributed by atoms with Crippen LogP contribution in [0.3, 0.4) is 0 Å². The van der Waals surface area contributed by atoms with Gasteiger partial charge in [0, 0.05) is 26.2 Å². The Labute approximate surface area is 143 Å². The molecule has 2 rings (SSSR count). The number of rotatable bonds is 2. The van der Waals surface area contributed by atoms with Crippen LogP contribution in [0.4, 0.5) is 4.79 Å². The van der Waals surface area contributed by atoms with Crippen LogP contribution in [-0.2, 0) is 14.8 Å². The van der Waals surface area contributed by atoms with Crippen LogP contribution in [0.1, 0.15) is 38.6 Å². The van der Waals surface area contributed by atoms with Gasteiger partial charge < -0.3 is 9.64 Å². The molecule has 1 saturated heterocycles. The predicted molar refractivity (Wildman–Crippen MR) is 89.2 cm³/mol. The maximum atomic E-state index is 12.9. The van der Waals surface area contributed by atoms with Gasteiger partial charge in [-0.2, -0.15) is 9.40 Å². The summed E-state index contributed by atoms with van der Waals surface area (Å²) in [5, 5.41) is 6.68. The smallest absolute Gasteiger partial charge is 0.410 e. The zero-order valence-corrected chi connectivity index (χ0v) is 15.7. The Morgan fingerprint density at radius 2 is 1.83 bits per heavy atom. The Morgan fingerprint density at radius 1 is 1.17 bits per heavy atom. The standard InChI is InChI=1S/C15H26N4O4S/c1-11-13(12(2)17-16-11)24(21,22)19-8-6-7-18(9-10-19)14(20)23-15(3,4)5/h6-10H2,1-5H3,(H,16,17). The number of carbonyl (C=O) groups is 1. The lowest BCUT2D eigenvalue weighted by atomic mass is 10.2. The summed E-state index contributed by atoms with van der Waals surface area (Å²) in [6.45, 7) is 10.2. The molecule has 0 spiro atoms. The first kappa shape index (κ1) is 18.7. The zero-order chi connectivity index (χ0) is 18.1. The number of aryl methyl sites for hydroxylation is 2. The van der Waals surface area contributed by atoms with E-state index in [1.54, 1.807) is 18.7 Å². The van der Waals surface area contributed by atoms with Crippen molar-refractivity contribution in [3.63, 3.8) is 0 Å². The van der Waals surface area contributed by atoms with E-state index in [4.69, 9.17) is 4.74 Å². The van der Waals surface area contributed by atoms with Crippen LogP contribution >= 0.6 is 0 Å². The largest absolute Gasteiger partial charge is 0.444 e. The van der Waals surface area contributed by atoms with Crippen molar-refractivity contribution in [2.24, 2.45) is 0 Å². The monoisotopic (exact) mass is 358 g/mol. The molecule has 1 fully saturated rings. The van der Waals surface area contributed by atoms with Crippen LogP contribution in [0.2, 0.25) is 0 Å². The number of ether oxygens (including phenoxy) is 1. The lowest BCUT2D eigenvalue weighted by Crippen LogP contribution is -2.40. The third-order valence-corrected chi connectivity index (χ3v) is 5.93. The molecule has 1 amide bonds. The molecule has 0 unspecified atom stereocenters. The van der Waals surface area contributed by atoms with Crippen molar-refractivity contribution in [3.8, 4) is 0 Å². The summed E-state index contributed by atoms with van der Waals surface area (Å²) < 4.78 is 32.5. The number of sulfonamides is 1. The van der Waals surface area contributed by atoms with Crippen molar-refractivity contribution >= 4 is 16.1 Å². The van der Waals surface area contributed by atoms with E-state index in [-0.39, 0.29) is 11.4 Å². The summed E-state index contributed by atoms with van der Waals surface area (Å²) in [6, 6.07) is 0. The van der Waals surface area contributed by atoms with Crippen molar-refractivity contribution in [1.82, 2.24) is 19.4 Å². The lowest BCUT2D eigenvalue weighted by molar-refractivity contribution is 0.0260. The van der Waals surface area contributed by atoms with Gasteiger partial charge in [0.1, 0.15) is 10.5 Å². The Bertz CT molecular complexity index is 686. The summed E-state index contributed by atoms with van der Waals surface area (Å²) in [4.78, 5) is 14.0. The van der Waals surface area contributed by atoms with Crippen LogP contribution in [0.15, 0.2) is 4.90 Å². The van der Waals surface area contributed by atoms with Gasteiger partial charge in [0.15, 0.2) is 0 Å². The second kappa shape index (κ2) is 6.72. The van der Waals surface area contributed by atoms with E-state index in [0.717, 1.165) is 0 Å². The second-order valence-corrected chi connectivity index (χ2v) is 8.86. The molecule has 8 nitrogen and oxygen atoms in total. The van der Waals surface area contributed by atoms with E-state index < -0.39 is 21.7 Å². The molecule has 0 aromatic carbocycles. The molecule has 0 atom stereocenters. The molecule has 1 aliphatic rings. The van der Waals surface area contributed by atoms with Gasteiger partial charge in [-0.3, -0.25) is 5.10 Å². The fourth-order valence-electron chi connectivity index (χ4n) is 2.69. The highest BCUT2D eigenvalue weighted by Crippen LogP contribution is 2.23. The number of aromatic amines is 1. The van der Waals surface area contributed by atoms with Gasteiger partial charge in [-0.25, -0.2) is 13.2 Å². The number of carbonyl (C=O) groups excluding carboxylic acids is 1. The Kier molecular flexibility index (Phi) is 5.24. The topological polar surface area (TPSA) is 95.6 Å². The average molecular weight is 358 g/mol. The minimum Gasteiger partial charge on any atom is -0.444 e. The van der Waals surface area contributed by atoms with Crippen LogP contribution in [0.5, 0.6) is 0 Å². The molecule has 0 saturated carbocycles. The molecular weight excluding hydrogens is 332 g/mol. The number of nitrogens with zero attached hydrogens (tertiary/aromatic N) is 3. The van der Waals surface area contributed by atoms with Gasteiger partial charge in [0.05, 0.1) is 11.4 Å². The fraction of sp³-hybridized carbons (Fsp3) is 0.733. The molecule has 1 aromatic rings. The Morgan fingerprint density at radius 3 is 2.38 bits per heavy atom. The normalized spacial score (nSPS) is 17.6. The molecule has 1 N–H and O–H groups in total. The van der Waals surface area contributed by atoms with E-state index >= 15 is 0 Å². The molecule has 2 heterocycles. The molecule has 1 aliphatic heterocycles. The summed E-state index contributed by atoms with van der Waals surface area (Å²) in [6.07, 6.45) is 0.159. The van der Waals surface area contributed by atoms with Crippen molar-refractivity contribution in [1.29, 1.82) is 0 Å². The highest BCUT2D eigenvalue weighted by molar-refractivity contribution is 7.89. The third kappa shape index (κ3) is 4.07. The average Bonchev–Trinajstić information content (AvgIpc) is 2.65. The van der Waals surface area contributed by atoms with Gasteiger partial charge in [-0.15, -0.1) is 0 Å². The van der Waals surface area contributed by atoms with Crippen LogP contribution in [0.25, 0.3) is 0 Å². The molecule has 24 heavy (non-hydrogen) atoms. The molecule has 1 aromatic heterocycles. The van der Waals surface area contributed by atoms with Gasteiger partial charge in [-0.1, -0.05) is 0 Å². The van der Waals surface area contributed by atoms with Gasteiger partial charge >= 0.3 is 6.09 Å². The van der Waals surface area contributed by atoms with Crippen LogP contribution < -0.4 is 0 Å². The molecule has 0 aliphatic carbocycles. The number of nitrogens with one attached hydrogen (secondary N) is 1. The van der Waals surface area contributed by atoms with Crippen molar-refractivity contribution in [3.05, 3.63) is 11.4 Å². The van der Waals surface area contributed by atoms with Crippen LogP contribution in [-0.4, -0.2) is 65.7 Å². The van der Waals surface area contributed by atoms with Crippen molar-refractivity contribution in [2.45, 2.75) is 51.5 Å². The maximum absolute atomic E-state index is 12.9. The second-order valence-electron chi connectivity index (χ2n) is 6.99. The van der Waals surface area contributed by atoms with E-state index in [0.29, 0.717) is 37.4 Å². The summed E-state index contributed by atoms with van der Waals surface area (Å²) in [7, 11) is -3.63. The van der Waals surface area contributed by atoms with Gasteiger partial charge in [0.2, 0.25) is 10.0 Å². The van der Waals surface area contributed by atoms with E-state index in [2.05, 4.69) is 10.2 Å². The number of amides is 1. The lowest BCUT2D eigenvalue weighted by Gasteiger charge is -2.26.